The SMILES string of the molecule is CCN(CC)CCN(Cc1ccc(-c2ccc(C(F)(F)F)cc2)cc1)C(=O)Cn1c(CCc2cccc(F)c2F)nc(=O)c2cc(C)ccc21. The van der Waals surface area contributed by atoms with Gasteiger partial charge >= 0.3 is 6.18 Å². The monoisotopic (exact) mass is 690 g/mol. The molecule has 0 saturated carbocycles. The second-order valence-corrected chi connectivity index (χ2v) is 12.3. The van der Waals surface area contributed by atoms with Gasteiger partial charge in [-0.3, -0.25) is 9.59 Å². The second-order valence-electron chi connectivity index (χ2n) is 12.3. The summed E-state index contributed by atoms with van der Waals surface area (Å²) in [6, 6.07) is 21.6. The van der Waals surface area contributed by atoms with E-state index < -0.39 is 28.9 Å². The number of carbonyl (C=O) groups is 1. The summed E-state index contributed by atoms with van der Waals surface area (Å²) >= 11 is 0. The molecule has 0 radical (unpaired) electrons. The van der Waals surface area contributed by atoms with Gasteiger partial charge in [0.25, 0.3) is 5.56 Å². The summed E-state index contributed by atoms with van der Waals surface area (Å²) in [5.41, 5.74) is 2.53. The van der Waals surface area contributed by atoms with E-state index in [1.807, 2.05) is 51.1 Å². The standard InChI is InChI=1S/C39H39F5N4O2/c1-4-46(5-2)21-22-47(24-27-10-12-28(13-11-27)29-14-17-31(18-15-29)39(42,43)44)36(49)25-48-34-19-9-26(3)23-32(34)38(50)45-35(48)20-16-30-7-6-8-33(40)37(30)41/h6-15,17-19,23H,4-5,16,20-22,24-25H2,1-3H3. The number of rotatable bonds is 13. The summed E-state index contributed by atoms with van der Waals surface area (Å²) < 4.78 is 69.3. The van der Waals surface area contributed by atoms with Crippen molar-refractivity contribution in [3.8, 4) is 11.1 Å². The van der Waals surface area contributed by atoms with Crippen LogP contribution in [0.3, 0.4) is 0 Å². The highest BCUT2D eigenvalue weighted by Crippen LogP contribution is 2.31. The van der Waals surface area contributed by atoms with Gasteiger partial charge in [-0.05, 0) is 79.0 Å². The third-order valence-electron chi connectivity index (χ3n) is 8.96. The van der Waals surface area contributed by atoms with Gasteiger partial charge < -0.3 is 14.4 Å². The lowest BCUT2D eigenvalue weighted by molar-refractivity contribution is -0.137. The van der Waals surface area contributed by atoms with Crippen LogP contribution in [0.2, 0.25) is 0 Å². The quantitative estimate of drug-likeness (QED) is 0.118. The number of amides is 1. The Morgan fingerprint density at radius 3 is 2.14 bits per heavy atom. The lowest BCUT2D eigenvalue weighted by Gasteiger charge is -2.28. The fourth-order valence-corrected chi connectivity index (χ4v) is 5.99. The van der Waals surface area contributed by atoms with Crippen LogP contribution in [0.25, 0.3) is 22.0 Å². The number of hydrogen-bond acceptors (Lipinski definition) is 4. The molecule has 50 heavy (non-hydrogen) atoms. The first-order valence-corrected chi connectivity index (χ1v) is 16.6. The number of carbonyl (C=O) groups excluding carboxylic acids is 1. The Hall–Kier alpha value is -4.90. The first kappa shape index (κ1) is 36.4. The van der Waals surface area contributed by atoms with Crippen molar-refractivity contribution in [3.63, 3.8) is 0 Å². The van der Waals surface area contributed by atoms with Gasteiger partial charge in [-0.25, -0.2) is 8.78 Å². The topological polar surface area (TPSA) is 58.4 Å². The molecule has 0 bridgehead atoms. The lowest BCUT2D eigenvalue weighted by atomic mass is 10.0. The van der Waals surface area contributed by atoms with Crippen LogP contribution < -0.4 is 5.56 Å². The number of nitrogens with zero attached hydrogens (tertiary/aromatic N) is 4. The predicted molar refractivity (Wildman–Crippen MR) is 185 cm³/mol. The molecular formula is C39H39F5N4O2. The molecule has 11 heteroatoms. The second kappa shape index (κ2) is 15.8. The molecule has 0 unspecified atom stereocenters. The Morgan fingerprint density at radius 2 is 1.50 bits per heavy atom. The van der Waals surface area contributed by atoms with Crippen LogP contribution in [0.5, 0.6) is 0 Å². The Labute approximate surface area is 287 Å². The zero-order valence-electron chi connectivity index (χ0n) is 28.2. The first-order valence-electron chi connectivity index (χ1n) is 16.6. The molecule has 0 fully saturated rings. The van der Waals surface area contributed by atoms with E-state index in [0.717, 1.165) is 48.0 Å². The maximum Gasteiger partial charge on any atom is 0.416 e. The molecule has 0 spiro atoms. The van der Waals surface area contributed by atoms with Crippen molar-refractivity contribution in [2.75, 3.05) is 26.2 Å². The van der Waals surface area contributed by atoms with Gasteiger partial charge in [-0.1, -0.05) is 74.0 Å². The van der Waals surface area contributed by atoms with Gasteiger partial charge in [0, 0.05) is 26.1 Å². The van der Waals surface area contributed by atoms with Gasteiger partial charge in [0.05, 0.1) is 16.5 Å². The summed E-state index contributed by atoms with van der Waals surface area (Å²) in [5.74, 6) is -1.86. The molecule has 1 heterocycles. The third kappa shape index (κ3) is 8.63. The van der Waals surface area contributed by atoms with Gasteiger partial charge in [0.15, 0.2) is 11.6 Å². The van der Waals surface area contributed by atoms with Gasteiger partial charge in [-0.2, -0.15) is 18.2 Å². The molecule has 1 amide bonds. The molecule has 0 aliphatic rings. The van der Waals surface area contributed by atoms with E-state index in [0.29, 0.717) is 29.6 Å². The Morgan fingerprint density at radius 1 is 0.840 bits per heavy atom. The minimum atomic E-state index is -4.42. The van der Waals surface area contributed by atoms with Crippen molar-refractivity contribution in [2.45, 2.75) is 52.9 Å². The number of aromatic nitrogens is 2. The molecule has 5 rings (SSSR count). The fourth-order valence-electron chi connectivity index (χ4n) is 5.99. The predicted octanol–water partition coefficient (Wildman–Crippen LogP) is 7.82. The van der Waals surface area contributed by atoms with Crippen LogP contribution in [0, 0.1) is 18.6 Å². The maximum atomic E-state index is 14.5. The van der Waals surface area contributed by atoms with E-state index >= 15 is 0 Å². The first-order chi connectivity index (χ1) is 23.9. The van der Waals surface area contributed by atoms with Crippen LogP contribution in [0.4, 0.5) is 22.0 Å². The van der Waals surface area contributed by atoms with Gasteiger partial charge in [0.2, 0.25) is 5.91 Å². The van der Waals surface area contributed by atoms with Crippen molar-refractivity contribution in [1.82, 2.24) is 19.4 Å². The van der Waals surface area contributed by atoms with E-state index in [1.54, 1.807) is 21.6 Å². The summed E-state index contributed by atoms with van der Waals surface area (Å²) in [5, 5.41) is 0.354. The molecule has 0 N–H and O–H groups in total. The molecule has 262 valence electrons. The highest BCUT2D eigenvalue weighted by molar-refractivity contribution is 5.82. The van der Waals surface area contributed by atoms with Crippen LogP contribution in [-0.2, 0) is 36.9 Å². The fraction of sp³-hybridized carbons (Fsp3) is 0.308. The van der Waals surface area contributed by atoms with E-state index in [4.69, 9.17) is 0 Å². The molecule has 5 aromatic rings. The summed E-state index contributed by atoms with van der Waals surface area (Å²) in [6.07, 6.45) is -4.25. The molecule has 6 nitrogen and oxygen atoms in total. The van der Waals surface area contributed by atoms with Crippen molar-refractivity contribution >= 4 is 16.8 Å². The highest BCUT2D eigenvalue weighted by Gasteiger charge is 2.30. The molecule has 4 aromatic carbocycles. The van der Waals surface area contributed by atoms with Crippen molar-refractivity contribution < 1.29 is 26.7 Å². The number of hydrogen-bond donors (Lipinski definition) is 0. The van der Waals surface area contributed by atoms with E-state index in [1.165, 1.54) is 24.3 Å². The largest absolute Gasteiger partial charge is 0.416 e. The Bertz CT molecular complexity index is 2000. The van der Waals surface area contributed by atoms with Crippen LogP contribution in [-0.4, -0.2) is 51.4 Å². The number of likely N-dealkylation sites (N-methyl/N-ethyl adjacent to an activating group) is 1. The van der Waals surface area contributed by atoms with Crippen LogP contribution >= 0.6 is 0 Å². The van der Waals surface area contributed by atoms with E-state index in [9.17, 15) is 31.5 Å². The molecular weight excluding hydrogens is 651 g/mol. The highest BCUT2D eigenvalue weighted by atomic mass is 19.4. The molecule has 0 aliphatic heterocycles. The molecule has 0 atom stereocenters. The lowest BCUT2D eigenvalue weighted by Crippen LogP contribution is -2.40. The minimum Gasteiger partial charge on any atom is -0.336 e. The Kier molecular flexibility index (Phi) is 11.5. The number of halogens is 5. The molecule has 0 aliphatic carbocycles. The smallest absolute Gasteiger partial charge is 0.336 e. The average Bonchev–Trinajstić information content (AvgIpc) is 3.10. The molecule has 1 aromatic heterocycles. The van der Waals surface area contributed by atoms with Crippen molar-refractivity contribution in [3.05, 3.63) is 135 Å². The summed E-state index contributed by atoms with van der Waals surface area (Å²) in [6.45, 7) is 8.70. The number of fused-ring (bicyclic) bond motifs is 1. The van der Waals surface area contributed by atoms with Crippen LogP contribution in [0.1, 0.15) is 41.9 Å². The van der Waals surface area contributed by atoms with E-state index in [-0.39, 0.29) is 43.2 Å². The Balaban J connectivity index is 1.44. The summed E-state index contributed by atoms with van der Waals surface area (Å²) in [7, 11) is 0. The van der Waals surface area contributed by atoms with Gasteiger partial charge in [0.1, 0.15) is 12.4 Å². The number of alkyl halides is 3. The maximum absolute atomic E-state index is 14.5. The average molecular weight is 691 g/mol. The third-order valence-corrected chi connectivity index (χ3v) is 8.96. The minimum absolute atomic E-state index is 0.0680. The van der Waals surface area contributed by atoms with Crippen LogP contribution in [0.15, 0.2) is 89.7 Å². The van der Waals surface area contributed by atoms with Crippen molar-refractivity contribution in [2.24, 2.45) is 0 Å². The van der Waals surface area contributed by atoms with Crippen molar-refractivity contribution in [1.29, 1.82) is 0 Å². The zero-order valence-corrected chi connectivity index (χ0v) is 28.2. The molecule has 0 saturated heterocycles. The van der Waals surface area contributed by atoms with E-state index in [2.05, 4.69) is 9.88 Å². The number of aryl methyl sites for hydroxylation is 3. The normalized spacial score (nSPS) is 11.8. The zero-order chi connectivity index (χ0) is 36.0. The van der Waals surface area contributed by atoms with Gasteiger partial charge in [-0.15, -0.1) is 0 Å². The number of benzene rings is 4. The summed E-state index contributed by atoms with van der Waals surface area (Å²) in [4.78, 5) is 35.6.